The molecule has 0 radical (unpaired) electrons. The fourth-order valence-corrected chi connectivity index (χ4v) is 2.66. The first-order valence-electron chi connectivity index (χ1n) is 7.25. The Kier molecular flexibility index (Phi) is 8.83. The third kappa shape index (κ3) is 7.24. The molecule has 1 fully saturated rings. The van der Waals surface area contributed by atoms with Crippen molar-refractivity contribution in [2.24, 2.45) is 5.92 Å². The van der Waals surface area contributed by atoms with E-state index in [1.165, 1.54) is 64.2 Å². The predicted octanol–water partition coefficient (Wildman–Crippen LogP) is 3.10. The van der Waals surface area contributed by atoms with Crippen LogP contribution in [0.4, 0.5) is 0 Å². The van der Waals surface area contributed by atoms with Gasteiger partial charge in [0.05, 0.1) is 6.61 Å². The number of aliphatic hydroxyl groups is 1. The van der Waals surface area contributed by atoms with Crippen molar-refractivity contribution in [3.63, 3.8) is 0 Å². The molecule has 0 aromatic rings. The third-order valence-corrected chi connectivity index (χ3v) is 3.70. The number of aliphatic hydroxyl groups excluding tert-OH is 1. The maximum atomic E-state index is 8.75. The van der Waals surface area contributed by atoms with Gasteiger partial charge in [-0.3, -0.25) is 0 Å². The Morgan fingerprint density at radius 3 is 1.81 bits per heavy atom. The first-order valence-corrected chi connectivity index (χ1v) is 7.25. The van der Waals surface area contributed by atoms with E-state index in [1.54, 1.807) is 0 Å². The van der Waals surface area contributed by atoms with E-state index in [4.69, 9.17) is 5.11 Å². The highest BCUT2D eigenvalue weighted by Crippen LogP contribution is 2.20. The van der Waals surface area contributed by atoms with Crippen molar-refractivity contribution in [3.8, 4) is 0 Å². The number of hydrogen-bond acceptors (Lipinski definition) is 2. The van der Waals surface area contributed by atoms with Gasteiger partial charge in [0.2, 0.25) is 0 Å². The van der Waals surface area contributed by atoms with Gasteiger partial charge < -0.3 is 10.4 Å². The Morgan fingerprint density at radius 1 is 0.812 bits per heavy atom. The number of nitrogens with one attached hydrogen (secondary N) is 1. The Morgan fingerprint density at radius 2 is 1.31 bits per heavy atom. The van der Waals surface area contributed by atoms with Crippen LogP contribution in [0.3, 0.4) is 0 Å². The van der Waals surface area contributed by atoms with Gasteiger partial charge >= 0.3 is 0 Å². The molecule has 2 nitrogen and oxygen atoms in total. The summed E-state index contributed by atoms with van der Waals surface area (Å²) in [6, 6.07) is 0. The molecule has 0 saturated heterocycles. The standard InChI is InChI=1S/C14H29NO/c16-12-11-15-13-14-9-7-5-3-1-2-4-6-8-10-14/h14-16H,1-13H2. The molecule has 1 aliphatic carbocycles. The maximum Gasteiger partial charge on any atom is 0.0555 e. The van der Waals surface area contributed by atoms with E-state index >= 15 is 0 Å². The highest BCUT2D eigenvalue weighted by molar-refractivity contribution is 4.64. The first-order chi connectivity index (χ1) is 7.93. The quantitative estimate of drug-likeness (QED) is 0.723. The zero-order valence-electron chi connectivity index (χ0n) is 10.7. The lowest BCUT2D eigenvalue weighted by Crippen LogP contribution is -2.25. The van der Waals surface area contributed by atoms with Crippen molar-refractivity contribution in [1.82, 2.24) is 5.32 Å². The highest BCUT2D eigenvalue weighted by Gasteiger charge is 2.09. The highest BCUT2D eigenvalue weighted by atomic mass is 16.3. The van der Waals surface area contributed by atoms with Crippen LogP contribution < -0.4 is 5.32 Å². The molecule has 0 bridgehead atoms. The lowest BCUT2D eigenvalue weighted by Gasteiger charge is -2.16. The Labute approximate surface area is 101 Å². The number of rotatable bonds is 4. The van der Waals surface area contributed by atoms with E-state index in [2.05, 4.69) is 5.32 Å². The molecular formula is C14H29NO. The second-order valence-corrected chi connectivity index (χ2v) is 5.20. The van der Waals surface area contributed by atoms with Crippen LogP contribution in [0.25, 0.3) is 0 Å². The average Bonchev–Trinajstić information content (AvgIpc) is 2.35. The van der Waals surface area contributed by atoms with Gasteiger partial charge in [-0.25, -0.2) is 0 Å². The van der Waals surface area contributed by atoms with Crippen molar-refractivity contribution in [3.05, 3.63) is 0 Å². The lowest BCUT2D eigenvalue weighted by atomic mass is 9.95. The zero-order chi connectivity index (χ0) is 11.5. The minimum absolute atomic E-state index is 0.271. The summed E-state index contributed by atoms with van der Waals surface area (Å²) in [7, 11) is 0. The van der Waals surface area contributed by atoms with Crippen molar-refractivity contribution in [2.45, 2.75) is 64.2 Å². The maximum absolute atomic E-state index is 8.75. The van der Waals surface area contributed by atoms with Crippen LogP contribution in [0.5, 0.6) is 0 Å². The van der Waals surface area contributed by atoms with Crippen molar-refractivity contribution in [2.75, 3.05) is 19.7 Å². The predicted molar refractivity (Wildman–Crippen MR) is 69.6 cm³/mol. The van der Waals surface area contributed by atoms with Crippen LogP contribution >= 0.6 is 0 Å². The molecule has 0 amide bonds. The molecule has 0 aromatic heterocycles. The largest absolute Gasteiger partial charge is 0.395 e. The molecule has 1 saturated carbocycles. The smallest absolute Gasteiger partial charge is 0.0555 e. The monoisotopic (exact) mass is 227 g/mol. The Hall–Kier alpha value is -0.0800. The molecule has 2 heteroatoms. The van der Waals surface area contributed by atoms with Crippen LogP contribution in [0.1, 0.15) is 64.2 Å². The van der Waals surface area contributed by atoms with E-state index < -0.39 is 0 Å². The van der Waals surface area contributed by atoms with Crippen LogP contribution in [0.15, 0.2) is 0 Å². The molecule has 0 aromatic carbocycles. The number of hydrogen-bond donors (Lipinski definition) is 2. The van der Waals surface area contributed by atoms with Gasteiger partial charge in [-0.1, -0.05) is 51.4 Å². The first kappa shape index (κ1) is 14.0. The average molecular weight is 227 g/mol. The van der Waals surface area contributed by atoms with E-state index in [1.807, 2.05) is 0 Å². The molecule has 1 rings (SSSR count). The molecular weight excluding hydrogens is 198 g/mol. The molecule has 2 N–H and O–H groups in total. The van der Waals surface area contributed by atoms with Crippen LogP contribution in [-0.2, 0) is 0 Å². The SMILES string of the molecule is OCCNCC1CCCCCCCCCC1. The van der Waals surface area contributed by atoms with Gasteiger partial charge in [-0.15, -0.1) is 0 Å². The van der Waals surface area contributed by atoms with Gasteiger partial charge in [0.25, 0.3) is 0 Å². The van der Waals surface area contributed by atoms with Gasteiger partial charge in [-0.2, -0.15) is 0 Å². The Balaban J connectivity index is 2.17. The summed E-state index contributed by atoms with van der Waals surface area (Å²) in [6.07, 6.45) is 14.2. The van der Waals surface area contributed by atoms with Crippen molar-refractivity contribution in [1.29, 1.82) is 0 Å². The molecule has 16 heavy (non-hydrogen) atoms. The van der Waals surface area contributed by atoms with Crippen LogP contribution in [0.2, 0.25) is 0 Å². The zero-order valence-corrected chi connectivity index (χ0v) is 10.7. The van der Waals surface area contributed by atoms with Gasteiger partial charge in [0, 0.05) is 6.54 Å². The second kappa shape index (κ2) is 10.1. The summed E-state index contributed by atoms with van der Waals surface area (Å²) >= 11 is 0. The van der Waals surface area contributed by atoms with Gasteiger partial charge in [0.15, 0.2) is 0 Å². The summed E-state index contributed by atoms with van der Waals surface area (Å²) < 4.78 is 0. The molecule has 1 aliphatic rings. The summed E-state index contributed by atoms with van der Waals surface area (Å²) in [4.78, 5) is 0. The molecule has 0 unspecified atom stereocenters. The van der Waals surface area contributed by atoms with Crippen LogP contribution in [-0.4, -0.2) is 24.8 Å². The molecule has 96 valence electrons. The molecule has 0 spiro atoms. The molecule has 0 heterocycles. The van der Waals surface area contributed by atoms with Gasteiger partial charge in [0.1, 0.15) is 0 Å². The Bertz CT molecular complexity index is 138. The summed E-state index contributed by atoms with van der Waals surface area (Å²) in [5.74, 6) is 0.852. The van der Waals surface area contributed by atoms with E-state index in [-0.39, 0.29) is 6.61 Å². The minimum atomic E-state index is 0.271. The topological polar surface area (TPSA) is 32.3 Å². The fourth-order valence-electron chi connectivity index (χ4n) is 2.66. The summed E-state index contributed by atoms with van der Waals surface area (Å²) in [5, 5.41) is 12.1. The van der Waals surface area contributed by atoms with E-state index in [0.717, 1.165) is 19.0 Å². The lowest BCUT2D eigenvalue weighted by molar-refractivity contribution is 0.283. The second-order valence-electron chi connectivity index (χ2n) is 5.20. The fraction of sp³-hybridized carbons (Fsp3) is 1.00. The van der Waals surface area contributed by atoms with Gasteiger partial charge in [-0.05, 0) is 25.3 Å². The van der Waals surface area contributed by atoms with Crippen molar-refractivity contribution >= 4 is 0 Å². The summed E-state index contributed by atoms with van der Waals surface area (Å²) in [5.41, 5.74) is 0. The van der Waals surface area contributed by atoms with Crippen LogP contribution in [0, 0.1) is 5.92 Å². The molecule has 0 atom stereocenters. The minimum Gasteiger partial charge on any atom is -0.395 e. The third-order valence-electron chi connectivity index (χ3n) is 3.70. The van der Waals surface area contributed by atoms with E-state index in [0.29, 0.717) is 0 Å². The normalized spacial score (nSPS) is 21.6. The van der Waals surface area contributed by atoms with E-state index in [9.17, 15) is 0 Å². The molecule has 0 aliphatic heterocycles. The van der Waals surface area contributed by atoms with Crippen molar-refractivity contribution < 1.29 is 5.11 Å². The summed E-state index contributed by atoms with van der Waals surface area (Å²) in [6.45, 7) is 2.14.